The van der Waals surface area contributed by atoms with E-state index in [1.807, 2.05) is 0 Å². The van der Waals surface area contributed by atoms with Crippen LogP contribution in [0.15, 0.2) is 24.3 Å². The molecule has 2 aromatic carbocycles. The van der Waals surface area contributed by atoms with Gasteiger partial charge in [0, 0.05) is 11.6 Å². The average molecular weight is 292 g/mol. The molecule has 0 aliphatic heterocycles. The Labute approximate surface area is 109 Å². The second-order valence-electron chi connectivity index (χ2n) is 3.99. The molecule has 0 spiro atoms. The SMILES string of the molecule is OC(c1cc(F)c(F)c(F)c1)c1cc(F)c(F)cc1F. The van der Waals surface area contributed by atoms with Crippen molar-refractivity contribution >= 4 is 0 Å². The highest BCUT2D eigenvalue weighted by molar-refractivity contribution is 5.32. The molecule has 1 atom stereocenters. The summed E-state index contributed by atoms with van der Waals surface area (Å²) in [5.41, 5.74) is -1.26. The van der Waals surface area contributed by atoms with Crippen LogP contribution in [0.3, 0.4) is 0 Å². The monoisotopic (exact) mass is 292 g/mol. The van der Waals surface area contributed by atoms with E-state index in [-0.39, 0.29) is 6.07 Å². The Morgan fingerprint density at radius 3 is 1.70 bits per heavy atom. The van der Waals surface area contributed by atoms with Gasteiger partial charge in [0.25, 0.3) is 0 Å². The van der Waals surface area contributed by atoms with E-state index in [9.17, 15) is 31.4 Å². The van der Waals surface area contributed by atoms with Gasteiger partial charge in [-0.3, -0.25) is 0 Å². The molecule has 0 fully saturated rings. The number of halogens is 6. The Kier molecular flexibility index (Phi) is 3.71. The van der Waals surface area contributed by atoms with Gasteiger partial charge in [-0.25, -0.2) is 26.3 Å². The summed E-state index contributed by atoms with van der Waals surface area (Å²) in [7, 11) is 0. The van der Waals surface area contributed by atoms with Crippen LogP contribution in [0.5, 0.6) is 0 Å². The molecule has 0 saturated carbocycles. The molecule has 0 saturated heterocycles. The van der Waals surface area contributed by atoms with Crippen molar-refractivity contribution < 1.29 is 31.4 Å². The van der Waals surface area contributed by atoms with Crippen LogP contribution in [0.25, 0.3) is 0 Å². The van der Waals surface area contributed by atoms with Gasteiger partial charge in [-0.05, 0) is 23.8 Å². The van der Waals surface area contributed by atoms with Crippen LogP contribution in [0.1, 0.15) is 17.2 Å². The van der Waals surface area contributed by atoms with Crippen LogP contribution in [0.4, 0.5) is 26.3 Å². The first-order chi connectivity index (χ1) is 9.31. The van der Waals surface area contributed by atoms with Crippen molar-refractivity contribution in [3.63, 3.8) is 0 Å². The van der Waals surface area contributed by atoms with Gasteiger partial charge in [0.2, 0.25) is 0 Å². The van der Waals surface area contributed by atoms with Crippen LogP contribution < -0.4 is 0 Å². The standard InChI is InChI=1S/C13H6F6O/c14-7-4-9(16)8(15)3-6(7)13(20)5-1-10(17)12(19)11(18)2-5/h1-4,13,20H. The first kappa shape index (κ1) is 14.4. The molecule has 0 aromatic heterocycles. The Morgan fingerprint density at radius 2 is 1.15 bits per heavy atom. The molecule has 2 aromatic rings. The Bertz CT molecular complexity index is 647. The maximum Gasteiger partial charge on any atom is 0.194 e. The molecule has 1 unspecified atom stereocenters. The molecule has 7 heteroatoms. The van der Waals surface area contributed by atoms with Crippen molar-refractivity contribution in [3.8, 4) is 0 Å². The van der Waals surface area contributed by atoms with E-state index in [2.05, 4.69) is 0 Å². The third kappa shape index (κ3) is 2.49. The van der Waals surface area contributed by atoms with Gasteiger partial charge >= 0.3 is 0 Å². The highest BCUT2D eigenvalue weighted by Gasteiger charge is 2.21. The number of aliphatic hydroxyl groups is 1. The lowest BCUT2D eigenvalue weighted by atomic mass is 10.0. The fourth-order valence-electron chi connectivity index (χ4n) is 1.66. The molecule has 20 heavy (non-hydrogen) atoms. The van der Waals surface area contributed by atoms with Crippen LogP contribution in [0.2, 0.25) is 0 Å². The molecule has 0 aliphatic rings. The summed E-state index contributed by atoms with van der Waals surface area (Å²) < 4.78 is 77.9. The normalized spacial score (nSPS) is 12.6. The van der Waals surface area contributed by atoms with E-state index in [0.29, 0.717) is 18.2 Å². The quantitative estimate of drug-likeness (QED) is 0.509. The second kappa shape index (κ2) is 5.16. The van der Waals surface area contributed by atoms with Crippen LogP contribution in [0, 0.1) is 34.9 Å². The minimum absolute atomic E-state index is 0.185. The van der Waals surface area contributed by atoms with Gasteiger partial charge in [-0.2, -0.15) is 0 Å². The summed E-state index contributed by atoms with van der Waals surface area (Å²) in [6, 6.07) is 1.41. The summed E-state index contributed by atoms with van der Waals surface area (Å²) in [4.78, 5) is 0. The average Bonchev–Trinajstić information content (AvgIpc) is 2.38. The zero-order chi connectivity index (χ0) is 15.0. The smallest absolute Gasteiger partial charge is 0.194 e. The van der Waals surface area contributed by atoms with Crippen LogP contribution in [-0.2, 0) is 0 Å². The first-order valence-corrected chi connectivity index (χ1v) is 5.28. The van der Waals surface area contributed by atoms with Gasteiger partial charge < -0.3 is 5.11 Å². The topological polar surface area (TPSA) is 20.2 Å². The summed E-state index contributed by atoms with van der Waals surface area (Å²) in [5, 5.41) is 9.74. The number of hydrogen-bond acceptors (Lipinski definition) is 1. The van der Waals surface area contributed by atoms with E-state index in [0.717, 1.165) is 0 Å². The van der Waals surface area contributed by atoms with Gasteiger partial charge in [-0.15, -0.1) is 0 Å². The lowest BCUT2D eigenvalue weighted by Crippen LogP contribution is -2.06. The third-order valence-corrected chi connectivity index (χ3v) is 2.66. The van der Waals surface area contributed by atoms with Crippen molar-refractivity contribution in [2.24, 2.45) is 0 Å². The maximum absolute atomic E-state index is 13.4. The zero-order valence-electron chi connectivity index (χ0n) is 9.60. The summed E-state index contributed by atoms with van der Waals surface area (Å²) in [6.07, 6.45) is -1.98. The number of rotatable bonds is 2. The molecule has 0 radical (unpaired) electrons. The molecule has 0 amide bonds. The molecular formula is C13H6F6O. The van der Waals surface area contributed by atoms with Crippen LogP contribution in [-0.4, -0.2) is 5.11 Å². The zero-order valence-corrected chi connectivity index (χ0v) is 9.60. The molecule has 1 N–H and O–H groups in total. The summed E-state index contributed by atoms with van der Waals surface area (Å²) in [5.74, 6) is -9.17. The van der Waals surface area contributed by atoms with E-state index >= 15 is 0 Å². The first-order valence-electron chi connectivity index (χ1n) is 5.28. The number of aliphatic hydroxyl groups excluding tert-OH is 1. The van der Waals surface area contributed by atoms with E-state index in [1.54, 1.807) is 0 Å². The lowest BCUT2D eigenvalue weighted by molar-refractivity contribution is 0.212. The van der Waals surface area contributed by atoms with Gasteiger partial charge in [0.05, 0.1) is 0 Å². The minimum atomic E-state index is -1.98. The second-order valence-corrected chi connectivity index (χ2v) is 3.99. The fraction of sp³-hybridized carbons (Fsp3) is 0.0769. The lowest BCUT2D eigenvalue weighted by Gasteiger charge is -2.13. The number of benzene rings is 2. The maximum atomic E-state index is 13.4. The largest absolute Gasteiger partial charge is 0.384 e. The van der Waals surface area contributed by atoms with Crippen molar-refractivity contribution in [1.82, 2.24) is 0 Å². The highest BCUT2D eigenvalue weighted by atomic mass is 19.2. The van der Waals surface area contributed by atoms with E-state index in [4.69, 9.17) is 0 Å². The van der Waals surface area contributed by atoms with Crippen molar-refractivity contribution in [2.45, 2.75) is 6.10 Å². The predicted molar refractivity (Wildman–Crippen MR) is 56.7 cm³/mol. The Balaban J connectivity index is 2.51. The summed E-state index contributed by atoms with van der Waals surface area (Å²) >= 11 is 0. The molecule has 0 bridgehead atoms. The number of hydrogen-bond donors (Lipinski definition) is 1. The van der Waals surface area contributed by atoms with Gasteiger partial charge in [0.15, 0.2) is 29.1 Å². The molecular weight excluding hydrogens is 286 g/mol. The minimum Gasteiger partial charge on any atom is -0.384 e. The highest BCUT2D eigenvalue weighted by Crippen LogP contribution is 2.28. The van der Waals surface area contributed by atoms with Crippen molar-refractivity contribution in [2.75, 3.05) is 0 Å². The Morgan fingerprint density at radius 1 is 0.650 bits per heavy atom. The fourth-order valence-corrected chi connectivity index (χ4v) is 1.66. The predicted octanol–water partition coefficient (Wildman–Crippen LogP) is 3.60. The molecule has 2 rings (SSSR count). The molecule has 0 aliphatic carbocycles. The third-order valence-electron chi connectivity index (χ3n) is 2.66. The van der Waals surface area contributed by atoms with E-state index < -0.39 is 52.1 Å². The summed E-state index contributed by atoms with van der Waals surface area (Å²) in [6.45, 7) is 0. The van der Waals surface area contributed by atoms with Crippen molar-refractivity contribution in [3.05, 3.63) is 70.3 Å². The van der Waals surface area contributed by atoms with Crippen molar-refractivity contribution in [1.29, 1.82) is 0 Å². The van der Waals surface area contributed by atoms with Gasteiger partial charge in [0.1, 0.15) is 11.9 Å². The van der Waals surface area contributed by atoms with E-state index in [1.165, 1.54) is 0 Å². The molecule has 106 valence electrons. The van der Waals surface area contributed by atoms with Gasteiger partial charge in [-0.1, -0.05) is 0 Å². The van der Waals surface area contributed by atoms with Crippen LogP contribution >= 0.6 is 0 Å². The molecule has 1 nitrogen and oxygen atoms in total. The molecule has 0 heterocycles. The Hall–Kier alpha value is -2.02.